The first-order valence-corrected chi connectivity index (χ1v) is 5.91. The number of nitrogens with zero attached hydrogens (tertiary/aromatic N) is 1. The van der Waals surface area contributed by atoms with Crippen LogP contribution in [0.1, 0.15) is 22.3 Å². The van der Waals surface area contributed by atoms with Crippen LogP contribution in [0.3, 0.4) is 0 Å². The number of rotatable bonds is 2. The lowest BCUT2D eigenvalue weighted by atomic mass is 10.1. The predicted molar refractivity (Wildman–Crippen MR) is 76.3 cm³/mol. The zero-order valence-corrected chi connectivity index (χ0v) is 11.8. The van der Waals surface area contributed by atoms with Gasteiger partial charge in [0.15, 0.2) is 0 Å². The summed E-state index contributed by atoms with van der Waals surface area (Å²) in [6.45, 7) is 2.52. The van der Waals surface area contributed by atoms with E-state index in [0.717, 1.165) is 5.56 Å². The monoisotopic (exact) mass is 283 g/mol. The smallest absolute Gasteiger partial charge is 0.252 e. The number of amides is 2. The number of nitrogens with two attached hydrogens (primary N) is 1. The lowest BCUT2D eigenvalue weighted by molar-refractivity contribution is -0.128. The van der Waals surface area contributed by atoms with E-state index in [0.29, 0.717) is 24.2 Å². The van der Waals surface area contributed by atoms with Crippen LogP contribution in [-0.2, 0) is 4.79 Å². The van der Waals surface area contributed by atoms with Crippen molar-refractivity contribution in [3.63, 3.8) is 0 Å². The lowest BCUT2D eigenvalue weighted by Crippen LogP contribution is -2.40. The molecule has 0 aromatic heterocycles. The number of hydrogen-bond donors (Lipinski definition) is 2. The van der Waals surface area contributed by atoms with Crippen LogP contribution in [0, 0.1) is 6.92 Å². The summed E-state index contributed by atoms with van der Waals surface area (Å²) in [6.07, 6.45) is 0.655. The van der Waals surface area contributed by atoms with Gasteiger partial charge in [-0.1, -0.05) is 6.07 Å². The molecule has 1 aliphatic rings. The third-order valence-corrected chi connectivity index (χ3v) is 3.24. The average Bonchev–Trinajstić information content (AvgIpc) is 2.64. The molecule has 1 aromatic carbocycles. The lowest BCUT2D eigenvalue weighted by Gasteiger charge is -2.13. The third-order valence-electron chi connectivity index (χ3n) is 3.24. The van der Waals surface area contributed by atoms with E-state index in [1.54, 1.807) is 30.1 Å². The van der Waals surface area contributed by atoms with Gasteiger partial charge in [0.05, 0.1) is 0 Å². The Morgan fingerprint density at radius 3 is 2.74 bits per heavy atom. The molecule has 0 radical (unpaired) electrons. The molecule has 0 bridgehead atoms. The fourth-order valence-electron chi connectivity index (χ4n) is 2.08. The molecule has 3 N–H and O–H groups in total. The molecule has 1 unspecified atom stereocenters. The topological polar surface area (TPSA) is 75.4 Å². The summed E-state index contributed by atoms with van der Waals surface area (Å²) >= 11 is 0. The number of nitrogen functional groups attached to an aromatic ring is 1. The Balaban J connectivity index is 0.00000180. The zero-order valence-electron chi connectivity index (χ0n) is 11.0. The van der Waals surface area contributed by atoms with Crippen molar-refractivity contribution in [2.75, 3.05) is 19.3 Å². The van der Waals surface area contributed by atoms with Gasteiger partial charge in [-0.25, -0.2) is 0 Å². The second-order valence-electron chi connectivity index (χ2n) is 4.65. The first-order valence-electron chi connectivity index (χ1n) is 5.91. The summed E-state index contributed by atoms with van der Waals surface area (Å²) in [4.78, 5) is 25.4. The van der Waals surface area contributed by atoms with Crippen LogP contribution in [0.5, 0.6) is 0 Å². The number of hydrogen-bond acceptors (Lipinski definition) is 3. The van der Waals surface area contributed by atoms with Gasteiger partial charge in [-0.2, -0.15) is 0 Å². The van der Waals surface area contributed by atoms with E-state index >= 15 is 0 Å². The highest BCUT2D eigenvalue weighted by Gasteiger charge is 2.30. The molecule has 0 aliphatic carbocycles. The number of likely N-dealkylation sites (N-methyl/N-ethyl adjacent to an activating group) is 1. The fraction of sp³-hybridized carbons (Fsp3) is 0.385. The molecule has 1 fully saturated rings. The van der Waals surface area contributed by atoms with Crippen molar-refractivity contribution in [2.24, 2.45) is 0 Å². The minimum absolute atomic E-state index is 0. The molecule has 0 spiro atoms. The first-order chi connectivity index (χ1) is 8.49. The van der Waals surface area contributed by atoms with Crippen molar-refractivity contribution in [2.45, 2.75) is 19.4 Å². The van der Waals surface area contributed by atoms with Gasteiger partial charge in [-0.05, 0) is 31.0 Å². The van der Waals surface area contributed by atoms with E-state index in [9.17, 15) is 9.59 Å². The standard InChI is InChI=1S/C13H17N3O2.ClH/c1-8-3-4-9(14)7-10(8)12(17)15-11-5-6-16(2)13(11)18;/h3-4,7,11H,5-6,14H2,1-2H3,(H,15,17);1H. The molecule has 2 rings (SSSR count). The summed E-state index contributed by atoms with van der Waals surface area (Å²) in [5.41, 5.74) is 7.58. The Kier molecular flexibility index (Phi) is 4.78. The quantitative estimate of drug-likeness (QED) is 0.794. The number of aryl methyl sites for hydroxylation is 1. The van der Waals surface area contributed by atoms with Crippen molar-refractivity contribution in [3.05, 3.63) is 29.3 Å². The van der Waals surface area contributed by atoms with Gasteiger partial charge < -0.3 is 16.0 Å². The van der Waals surface area contributed by atoms with Crippen LogP contribution in [0.4, 0.5) is 5.69 Å². The van der Waals surface area contributed by atoms with Gasteiger partial charge in [0.2, 0.25) is 5.91 Å². The Labute approximate surface area is 118 Å². The minimum Gasteiger partial charge on any atom is -0.399 e. The average molecular weight is 284 g/mol. The molecule has 104 valence electrons. The Morgan fingerprint density at radius 1 is 1.47 bits per heavy atom. The summed E-state index contributed by atoms with van der Waals surface area (Å²) in [5.74, 6) is -0.279. The number of nitrogens with one attached hydrogen (secondary N) is 1. The second kappa shape index (κ2) is 5.93. The van der Waals surface area contributed by atoms with Gasteiger partial charge in [0.25, 0.3) is 5.91 Å². The van der Waals surface area contributed by atoms with E-state index in [2.05, 4.69) is 5.32 Å². The van der Waals surface area contributed by atoms with Gasteiger partial charge >= 0.3 is 0 Å². The maximum absolute atomic E-state index is 12.1. The van der Waals surface area contributed by atoms with Gasteiger partial charge in [0, 0.05) is 24.8 Å². The van der Waals surface area contributed by atoms with Crippen molar-refractivity contribution in [1.29, 1.82) is 0 Å². The van der Waals surface area contributed by atoms with E-state index in [4.69, 9.17) is 5.73 Å². The molecule has 6 heteroatoms. The third kappa shape index (κ3) is 3.17. The Bertz CT molecular complexity index is 505. The van der Waals surface area contributed by atoms with Crippen LogP contribution >= 0.6 is 12.4 Å². The van der Waals surface area contributed by atoms with Gasteiger partial charge in [0.1, 0.15) is 6.04 Å². The van der Waals surface area contributed by atoms with E-state index in [-0.39, 0.29) is 24.2 Å². The molecule has 2 amide bonds. The highest BCUT2D eigenvalue weighted by Crippen LogP contribution is 2.14. The largest absolute Gasteiger partial charge is 0.399 e. The zero-order chi connectivity index (χ0) is 13.3. The van der Waals surface area contributed by atoms with Crippen LogP contribution in [0.25, 0.3) is 0 Å². The predicted octanol–water partition coefficient (Wildman–Crippen LogP) is 0.960. The van der Waals surface area contributed by atoms with Crippen molar-refractivity contribution < 1.29 is 9.59 Å². The van der Waals surface area contributed by atoms with Gasteiger partial charge in [-0.15, -0.1) is 12.4 Å². The summed E-state index contributed by atoms with van der Waals surface area (Å²) in [5, 5.41) is 2.76. The van der Waals surface area contributed by atoms with E-state index < -0.39 is 6.04 Å². The molecule has 19 heavy (non-hydrogen) atoms. The molecule has 0 saturated carbocycles. The molecule has 5 nitrogen and oxygen atoms in total. The van der Waals surface area contributed by atoms with Gasteiger partial charge in [-0.3, -0.25) is 9.59 Å². The Hall–Kier alpha value is -1.75. The molecule has 1 aromatic rings. The first kappa shape index (κ1) is 15.3. The highest BCUT2D eigenvalue weighted by molar-refractivity contribution is 5.99. The van der Waals surface area contributed by atoms with Crippen molar-refractivity contribution in [1.82, 2.24) is 10.2 Å². The number of halogens is 1. The molecular formula is C13H18ClN3O2. The van der Waals surface area contributed by atoms with Crippen LogP contribution < -0.4 is 11.1 Å². The highest BCUT2D eigenvalue weighted by atomic mass is 35.5. The number of carbonyl (C=O) groups excluding carboxylic acids is 2. The molecule has 1 heterocycles. The number of carbonyl (C=O) groups is 2. The Morgan fingerprint density at radius 2 is 2.16 bits per heavy atom. The normalized spacial score (nSPS) is 18.1. The van der Waals surface area contributed by atoms with E-state index in [1.165, 1.54) is 0 Å². The fourth-order valence-corrected chi connectivity index (χ4v) is 2.08. The summed E-state index contributed by atoms with van der Waals surface area (Å²) in [6, 6.07) is 4.77. The molecule has 1 saturated heterocycles. The number of anilines is 1. The second-order valence-corrected chi connectivity index (χ2v) is 4.65. The summed E-state index contributed by atoms with van der Waals surface area (Å²) in [7, 11) is 1.74. The van der Waals surface area contributed by atoms with Crippen molar-refractivity contribution >= 4 is 29.9 Å². The molecule has 1 aliphatic heterocycles. The summed E-state index contributed by atoms with van der Waals surface area (Å²) < 4.78 is 0. The SMILES string of the molecule is Cc1ccc(N)cc1C(=O)NC1CCN(C)C1=O.Cl. The van der Waals surface area contributed by atoms with Crippen molar-refractivity contribution in [3.8, 4) is 0 Å². The number of likely N-dealkylation sites (tertiary alicyclic amines) is 1. The maximum Gasteiger partial charge on any atom is 0.252 e. The minimum atomic E-state index is -0.414. The maximum atomic E-state index is 12.1. The van der Waals surface area contributed by atoms with Crippen LogP contribution in [-0.4, -0.2) is 36.3 Å². The molecular weight excluding hydrogens is 266 g/mol. The van der Waals surface area contributed by atoms with Crippen LogP contribution in [0.2, 0.25) is 0 Å². The number of benzene rings is 1. The van der Waals surface area contributed by atoms with Crippen LogP contribution in [0.15, 0.2) is 18.2 Å². The molecule has 1 atom stereocenters. The van der Waals surface area contributed by atoms with E-state index in [1.807, 2.05) is 6.92 Å².